The summed E-state index contributed by atoms with van der Waals surface area (Å²) in [5.74, 6) is -1.33. The van der Waals surface area contributed by atoms with Gasteiger partial charge in [0.05, 0.1) is 13.2 Å². The molecule has 1 heterocycles. The van der Waals surface area contributed by atoms with Gasteiger partial charge in [-0.1, -0.05) is 35.9 Å². The molecule has 0 spiro atoms. The monoisotopic (exact) mass is 384 g/mol. The molecule has 27 heavy (non-hydrogen) atoms. The van der Waals surface area contributed by atoms with Crippen LogP contribution < -0.4 is 5.32 Å². The average molecular weight is 385 g/mol. The molecule has 2 aliphatic rings. The first-order valence-corrected chi connectivity index (χ1v) is 9.01. The lowest BCUT2D eigenvalue weighted by Crippen LogP contribution is -2.69. The third-order valence-electron chi connectivity index (χ3n) is 4.96. The Hall–Kier alpha value is -2.54. The zero-order valence-corrected chi connectivity index (χ0v) is 15.2. The number of Topliss-reactive ketones (excluding diaryl/α,β-unsaturated/α-hetero) is 2. The molecule has 2 aromatic rings. The Labute approximate surface area is 161 Å². The Bertz CT molecular complexity index is 885. The molecule has 4 rings (SSSR count). The molecule has 1 N–H and O–H groups in total. The molecule has 0 saturated carbocycles. The number of hydrogen-bond acceptors (Lipinski definition) is 5. The predicted octanol–water partition coefficient (Wildman–Crippen LogP) is 2.18. The molecule has 1 saturated heterocycles. The van der Waals surface area contributed by atoms with Gasteiger partial charge < -0.3 is 10.1 Å². The number of carbonyl (C=O) groups is 3. The summed E-state index contributed by atoms with van der Waals surface area (Å²) in [6.45, 7) is 1.50. The fourth-order valence-electron chi connectivity index (χ4n) is 3.59. The number of morpholine rings is 1. The number of fused-ring (bicyclic) bond motifs is 1. The Kier molecular flexibility index (Phi) is 4.55. The molecule has 0 atom stereocenters. The summed E-state index contributed by atoms with van der Waals surface area (Å²) in [6.07, 6.45) is 0. The van der Waals surface area contributed by atoms with E-state index in [1.54, 1.807) is 53.4 Å². The van der Waals surface area contributed by atoms with Crippen LogP contribution in [0.3, 0.4) is 0 Å². The average Bonchev–Trinajstić information content (AvgIpc) is 2.92. The Morgan fingerprint density at radius 3 is 2.07 bits per heavy atom. The number of benzene rings is 2. The minimum Gasteiger partial charge on any atom is -0.379 e. The van der Waals surface area contributed by atoms with Gasteiger partial charge in [0.1, 0.15) is 0 Å². The van der Waals surface area contributed by atoms with E-state index in [1.807, 2.05) is 0 Å². The lowest BCUT2D eigenvalue weighted by atomic mass is 9.99. The first-order valence-electron chi connectivity index (χ1n) is 8.63. The summed E-state index contributed by atoms with van der Waals surface area (Å²) < 4.78 is 5.36. The molecular formula is C20H17ClN2O4. The molecule has 6 nitrogen and oxygen atoms in total. The van der Waals surface area contributed by atoms with E-state index < -0.39 is 23.1 Å². The number of ether oxygens (including phenoxy) is 1. The first-order chi connectivity index (χ1) is 13.0. The third-order valence-corrected chi connectivity index (χ3v) is 5.21. The van der Waals surface area contributed by atoms with Gasteiger partial charge in [-0.05, 0) is 24.3 Å². The number of nitrogens with zero attached hydrogens (tertiary/aromatic N) is 1. The van der Waals surface area contributed by atoms with Gasteiger partial charge in [0.25, 0.3) is 5.91 Å². The maximum atomic E-state index is 13.3. The van der Waals surface area contributed by atoms with E-state index in [9.17, 15) is 14.4 Å². The minimum atomic E-state index is -1.75. The molecule has 1 fully saturated rings. The molecule has 1 aliphatic carbocycles. The zero-order chi connectivity index (χ0) is 19.0. The van der Waals surface area contributed by atoms with Crippen molar-refractivity contribution >= 4 is 29.1 Å². The SMILES string of the molecule is O=C(NC1(N2CCOCC2)C(=O)c2ccccc2C1=O)c1ccc(Cl)cc1. The fourth-order valence-corrected chi connectivity index (χ4v) is 3.71. The van der Waals surface area contributed by atoms with Crippen LogP contribution in [-0.4, -0.2) is 54.3 Å². The summed E-state index contributed by atoms with van der Waals surface area (Å²) in [7, 11) is 0. The van der Waals surface area contributed by atoms with Crippen LogP contribution in [0.1, 0.15) is 31.1 Å². The highest BCUT2D eigenvalue weighted by Crippen LogP contribution is 2.33. The maximum absolute atomic E-state index is 13.3. The number of nitrogens with one attached hydrogen (secondary N) is 1. The summed E-state index contributed by atoms with van der Waals surface area (Å²) in [5, 5.41) is 3.23. The second kappa shape index (κ2) is 6.88. The van der Waals surface area contributed by atoms with Crippen LogP contribution in [0.15, 0.2) is 48.5 Å². The van der Waals surface area contributed by atoms with Gasteiger partial charge in [-0.25, -0.2) is 0 Å². The number of amides is 1. The highest BCUT2D eigenvalue weighted by Gasteiger charge is 2.58. The molecule has 0 bridgehead atoms. The largest absolute Gasteiger partial charge is 0.379 e. The molecule has 138 valence electrons. The smallest absolute Gasteiger partial charge is 0.253 e. The van der Waals surface area contributed by atoms with Crippen LogP contribution in [0.2, 0.25) is 5.02 Å². The quantitative estimate of drug-likeness (QED) is 0.821. The number of ketones is 2. The number of carbonyl (C=O) groups excluding carboxylic acids is 3. The van der Waals surface area contributed by atoms with Crippen LogP contribution in [-0.2, 0) is 4.74 Å². The summed E-state index contributed by atoms with van der Waals surface area (Å²) in [5.41, 5.74) is -0.774. The zero-order valence-electron chi connectivity index (χ0n) is 14.4. The van der Waals surface area contributed by atoms with Crippen LogP contribution >= 0.6 is 11.6 Å². The highest BCUT2D eigenvalue weighted by molar-refractivity contribution is 6.34. The maximum Gasteiger partial charge on any atom is 0.253 e. The van der Waals surface area contributed by atoms with Crippen LogP contribution in [0, 0.1) is 0 Å². The predicted molar refractivity (Wildman–Crippen MR) is 99.1 cm³/mol. The van der Waals surface area contributed by atoms with Gasteiger partial charge in [-0.3, -0.25) is 19.3 Å². The molecular weight excluding hydrogens is 368 g/mol. The molecule has 7 heteroatoms. The Morgan fingerprint density at radius 1 is 0.963 bits per heavy atom. The minimum absolute atomic E-state index is 0.323. The molecule has 0 unspecified atom stereocenters. The molecule has 1 aliphatic heterocycles. The van der Waals surface area contributed by atoms with E-state index in [2.05, 4.69) is 5.32 Å². The van der Waals surface area contributed by atoms with Gasteiger partial charge in [0.15, 0.2) is 0 Å². The molecule has 1 amide bonds. The number of halogens is 1. The molecule has 2 aromatic carbocycles. The van der Waals surface area contributed by atoms with Crippen molar-refractivity contribution in [2.75, 3.05) is 26.3 Å². The summed E-state index contributed by atoms with van der Waals surface area (Å²) in [6, 6.07) is 12.9. The van der Waals surface area contributed by atoms with Crippen molar-refractivity contribution in [3.05, 3.63) is 70.2 Å². The normalized spacial score (nSPS) is 19.0. The van der Waals surface area contributed by atoms with Crippen molar-refractivity contribution in [3.63, 3.8) is 0 Å². The van der Waals surface area contributed by atoms with E-state index in [-0.39, 0.29) is 0 Å². The van der Waals surface area contributed by atoms with Gasteiger partial charge in [0, 0.05) is 34.8 Å². The lowest BCUT2D eigenvalue weighted by Gasteiger charge is -2.40. The highest BCUT2D eigenvalue weighted by atomic mass is 35.5. The van der Waals surface area contributed by atoms with E-state index in [1.165, 1.54) is 0 Å². The summed E-state index contributed by atoms with van der Waals surface area (Å²) >= 11 is 5.88. The van der Waals surface area contributed by atoms with E-state index in [4.69, 9.17) is 16.3 Å². The third kappa shape index (κ3) is 2.86. The van der Waals surface area contributed by atoms with Crippen molar-refractivity contribution in [2.45, 2.75) is 5.66 Å². The summed E-state index contributed by atoms with van der Waals surface area (Å²) in [4.78, 5) is 41.2. The lowest BCUT2D eigenvalue weighted by molar-refractivity contribution is -0.0151. The second-order valence-corrected chi connectivity index (χ2v) is 6.91. The first kappa shape index (κ1) is 17.9. The van der Waals surface area contributed by atoms with Crippen molar-refractivity contribution < 1.29 is 19.1 Å². The van der Waals surface area contributed by atoms with Gasteiger partial charge in [-0.2, -0.15) is 0 Å². The van der Waals surface area contributed by atoms with E-state index in [0.717, 1.165) is 0 Å². The topological polar surface area (TPSA) is 75.7 Å². The van der Waals surface area contributed by atoms with Gasteiger partial charge in [0.2, 0.25) is 17.2 Å². The van der Waals surface area contributed by atoms with Crippen molar-refractivity contribution in [2.24, 2.45) is 0 Å². The molecule has 0 radical (unpaired) electrons. The van der Waals surface area contributed by atoms with Gasteiger partial charge in [-0.15, -0.1) is 0 Å². The fraction of sp³-hybridized carbons (Fsp3) is 0.250. The Morgan fingerprint density at radius 2 is 1.52 bits per heavy atom. The van der Waals surface area contributed by atoms with Gasteiger partial charge >= 0.3 is 0 Å². The Balaban J connectivity index is 1.76. The van der Waals surface area contributed by atoms with Crippen molar-refractivity contribution in [1.29, 1.82) is 0 Å². The van der Waals surface area contributed by atoms with Crippen molar-refractivity contribution in [1.82, 2.24) is 10.2 Å². The van der Waals surface area contributed by atoms with Crippen LogP contribution in [0.4, 0.5) is 0 Å². The number of rotatable bonds is 3. The van der Waals surface area contributed by atoms with E-state index >= 15 is 0 Å². The number of hydrogen-bond donors (Lipinski definition) is 1. The second-order valence-electron chi connectivity index (χ2n) is 6.47. The standard InChI is InChI=1S/C20H17ClN2O4/c21-14-7-5-13(6-8-14)19(26)22-20(23-9-11-27-12-10-23)17(24)15-3-1-2-4-16(15)18(20)25/h1-8H,9-12H2,(H,22,26). The van der Waals surface area contributed by atoms with Crippen molar-refractivity contribution in [3.8, 4) is 0 Å². The molecule has 0 aromatic heterocycles. The van der Waals surface area contributed by atoms with Crippen LogP contribution in [0.5, 0.6) is 0 Å². The van der Waals surface area contributed by atoms with Crippen LogP contribution in [0.25, 0.3) is 0 Å². The van der Waals surface area contributed by atoms with E-state index in [0.29, 0.717) is 48.0 Å².